The fraction of sp³-hybridized carbons (Fsp3) is 0.556. The van der Waals surface area contributed by atoms with Crippen LogP contribution >= 0.6 is 11.3 Å². The Kier molecular flexibility index (Phi) is 3.97. The summed E-state index contributed by atoms with van der Waals surface area (Å²) in [4.78, 5) is 20.1. The van der Waals surface area contributed by atoms with Gasteiger partial charge in [-0.25, -0.2) is 4.98 Å². The van der Waals surface area contributed by atoms with Gasteiger partial charge in [0.1, 0.15) is 5.69 Å². The molecule has 2 saturated carbocycles. The Bertz CT molecular complexity index is 705. The van der Waals surface area contributed by atoms with Crippen LogP contribution in [-0.2, 0) is 0 Å². The molecule has 5 heteroatoms. The minimum absolute atomic E-state index is 0.0182. The summed E-state index contributed by atoms with van der Waals surface area (Å²) in [6.07, 6.45) is 9.58. The van der Waals surface area contributed by atoms with Gasteiger partial charge in [-0.1, -0.05) is 19.3 Å². The molecule has 3 atom stereocenters. The van der Waals surface area contributed by atoms with Crippen molar-refractivity contribution in [2.75, 3.05) is 0 Å². The van der Waals surface area contributed by atoms with Crippen LogP contribution in [0.4, 0.5) is 0 Å². The van der Waals surface area contributed by atoms with E-state index in [0.29, 0.717) is 11.7 Å². The van der Waals surface area contributed by atoms with E-state index >= 15 is 0 Å². The maximum absolute atomic E-state index is 12.5. The third kappa shape index (κ3) is 3.07. The molecule has 122 valence electrons. The molecule has 4 rings (SSSR count). The molecule has 2 aliphatic rings. The molecule has 0 spiro atoms. The maximum atomic E-state index is 12.5. The van der Waals surface area contributed by atoms with E-state index in [9.17, 15) is 4.79 Å². The number of aromatic nitrogens is 2. The number of rotatable bonds is 3. The third-order valence-electron chi connectivity index (χ3n) is 5.47. The molecule has 2 aliphatic carbocycles. The van der Waals surface area contributed by atoms with Gasteiger partial charge in [0.05, 0.1) is 10.7 Å². The highest BCUT2D eigenvalue weighted by Gasteiger charge is 2.34. The lowest BCUT2D eigenvalue weighted by atomic mass is 9.79. The minimum Gasteiger partial charge on any atom is -0.357 e. The first-order chi connectivity index (χ1) is 11.2. The second-order valence-electron chi connectivity index (χ2n) is 6.99. The topological polar surface area (TPSA) is 57.8 Å². The highest BCUT2D eigenvalue weighted by Crippen LogP contribution is 2.42. The standard InChI is InChI=1S/C18H23N3OS/c1-11-20-17(10-23-11)14-8-16(19-9-14)18(22)21-15-6-5-12-3-2-4-13(12)7-15/h8-10,12-13,15,19H,2-7H2,1H3,(H,21,22). The lowest BCUT2D eigenvalue weighted by Gasteiger charge is -2.32. The summed E-state index contributed by atoms with van der Waals surface area (Å²) < 4.78 is 0. The molecular formula is C18H23N3OS. The number of aryl methyl sites for hydroxylation is 1. The van der Waals surface area contributed by atoms with E-state index in [0.717, 1.165) is 40.9 Å². The number of hydrogen-bond acceptors (Lipinski definition) is 3. The van der Waals surface area contributed by atoms with Gasteiger partial charge in [-0.3, -0.25) is 4.79 Å². The molecule has 1 amide bonds. The first-order valence-electron chi connectivity index (χ1n) is 8.61. The van der Waals surface area contributed by atoms with Crippen LogP contribution in [0.15, 0.2) is 17.6 Å². The summed E-state index contributed by atoms with van der Waals surface area (Å²) in [7, 11) is 0. The molecule has 0 saturated heterocycles. The van der Waals surface area contributed by atoms with Crippen molar-refractivity contribution >= 4 is 17.2 Å². The van der Waals surface area contributed by atoms with Crippen molar-refractivity contribution in [3.05, 3.63) is 28.3 Å². The van der Waals surface area contributed by atoms with E-state index in [1.807, 2.05) is 24.6 Å². The lowest BCUT2D eigenvalue weighted by Crippen LogP contribution is -2.39. The molecule has 0 radical (unpaired) electrons. The van der Waals surface area contributed by atoms with Gasteiger partial charge in [-0.2, -0.15) is 0 Å². The smallest absolute Gasteiger partial charge is 0.267 e. The Labute approximate surface area is 140 Å². The van der Waals surface area contributed by atoms with Gasteiger partial charge in [-0.15, -0.1) is 11.3 Å². The van der Waals surface area contributed by atoms with Crippen molar-refractivity contribution < 1.29 is 4.79 Å². The number of carbonyl (C=O) groups is 1. The number of nitrogens with one attached hydrogen (secondary N) is 2. The molecule has 0 bridgehead atoms. The predicted molar refractivity (Wildman–Crippen MR) is 92.6 cm³/mol. The summed E-state index contributed by atoms with van der Waals surface area (Å²) in [5.74, 6) is 1.78. The molecule has 2 aromatic heterocycles. The van der Waals surface area contributed by atoms with Gasteiger partial charge < -0.3 is 10.3 Å². The first kappa shape index (κ1) is 14.9. The van der Waals surface area contributed by atoms with Crippen LogP contribution < -0.4 is 5.32 Å². The fourth-order valence-electron chi connectivity index (χ4n) is 4.27. The minimum atomic E-state index is 0.0182. The SMILES string of the molecule is Cc1nc(-c2c[nH]c(C(=O)NC3CCC4CCCC4C3)c2)cs1. The molecule has 0 aromatic carbocycles. The largest absolute Gasteiger partial charge is 0.357 e. The van der Waals surface area contributed by atoms with Crippen molar-refractivity contribution in [1.29, 1.82) is 0 Å². The third-order valence-corrected chi connectivity index (χ3v) is 6.24. The van der Waals surface area contributed by atoms with E-state index in [1.54, 1.807) is 11.3 Å². The van der Waals surface area contributed by atoms with Crippen LogP contribution in [0, 0.1) is 18.8 Å². The first-order valence-corrected chi connectivity index (χ1v) is 9.49. The molecule has 23 heavy (non-hydrogen) atoms. The lowest BCUT2D eigenvalue weighted by molar-refractivity contribution is 0.0906. The number of fused-ring (bicyclic) bond motifs is 1. The normalized spacial score (nSPS) is 26.9. The number of thiazole rings is 1. The second-order valence-corrected chi connectivity index (χ2v) is 8.05. The summed E-state index contributed by atoms with van der Waals surface area (Å²) in [6.45, 7) is 1.99. The van der Waals surface area contributed by atoms with Gasteiger partial charge in [0, 0.05) is 23.2 Å². The Balaban J connectivity index is 1.40. The molecule has 3 unspecified atom stereocenters. The summed E-state index contributed by atoms with van der Waals surface area (Å²) in [5, 5.41) is 6.30. The van der Waals surface area contributed by atoms with E-state index in [1.165, 1.54) is 25.7 Å². The zero-order chi connectivity index (χ0) is 15.8. The molecule has 0 aliphatic heterocycles. The Hall–Kier alpha value is -1.62. The molecule has 4 nitrogen and oxygen atoms in total. The fourth-order valence-corrected chi connectivity index (χ4v) is 4.89. The summed E-state index contributed by atoms with van der Waals surface area (Å²) >= 11 is 1.63. The Morgan fingerprint density at radius 3 is 3.00 bits per heavy atom. The Morgan fingerprint density at radius 1 is 1.30 bits per heavy atom. The van der Waals surface area contributed by atoms with E-state index in [4.69, 9.17) is 0 Å². The summed E-state index contributed by atoms with van der Waals surface area (Å²) in [5.41, 5.74) is 2.56. The van der Waals surface area contributed by atoms with Gasteiger partial charge in [0.15, 0.2) is 0 Å². The maximum Gasteiger partial charge on any atom is 0.267 e. The van der Waals surface area contributed by atoms with Gasteiger partial charge in [0.25, 0.3) is 5.91 Å². The number of hydrogen-bond donors (Lipinski definition) is 2. The van der Waals surface area contributed by atoms with Crippen molar-refractivity contribution in [2.24, 2.45) is 11.8 Å². The second kappa shape index (κ2) is 6.11. The van der Waals surface area contributed by atoms with Crippen LogP contribution in [0.1, 0.15) is 54.0 Å². The molecule has 2 heterocycles. The monoisotopic (exact) mass is 329 g/mol. The summed E-state index contributed by atoms with van der Waals surface area (Å²) in [6, 6.07) is 2.25. The quantitative estimate of drug-likeness (QED) is 0.889. The van der Waals surface area contributed by atoms with Crippen molar-refractivity contribution in [3.63, 3.8) is 0 Å². The molecule has 2 N–H and O–H groups in total. The average molecular weight is 329 g/mol. The van der Waals surface area contributed by atoms with Crippen LogP contribution in [0.2, 0.25) is 0 Å². The molecular weight excluding hydrogens is 306 g/mol. The van der Waals surface area contributed by atoms with Crippen molar-refractivity contribution in [1.82, 2.24) is 15.3 Å². The average Bonchev–Trinajstić information content (AvgIpc) is 3.26. The number of aromatic amines is 1. The zero-order valence-corrected chi connectivity index (χ0v) is 14.3. The van der Waals surface area contributed by atoms with E-state index in [-0.39, 0.29) is 5.91 Å². The van der Waals surface area contributed by atoms with Crippen LogP contribution in [0.3, 0.4) is 0 Å². The van der Waals surface area contributed by atoms with E-state index < -0.39 is 0 Å². The van der Waals surface area contributed by atoms with E-state index in [2.05, 4.69) is 15.3 Å². The number of amides is 1. The Morgan fingerprint density at radius 2 is 2.17 bits per heavy atom. The molecule has 2 fully saturated rings. The van der Waals surface area contributed by atoms with Crippen LogP contribution in [0.25, 0.3) is 11.3 Å². The zero-order valence-electron chi connectivity index (χ0n) is 13.5. The number of H-pyrrole nitrogens is 1. The van der Waals surface area contributed by atoms with Crippen LogP contribution in [0.5, 0.6) is 0 Å². The van der Waals surface area contributed by atoms with Gasteiger partial charge in [0.2, 0.25) is 0 Å². The highest BCUT2D eigenvalue weighted by atomic mass is 32.1. The van der Waals surface area contributed by atoms with Crippen molar-refractivity contribution in [2.45, 2.75) is 51.5 Å². The van der Waals surface area contributed by atoms with Gasteiger partial charge >= 0.3 is 0 Å². The highest BCUT2D eigenvalue weighted by molar-refractivity contribution is 7.09. The van der Waals surface area contributed by atoms with Crippen molar-refractivity contribution in [3.8, 4) is 11.3 Å². The van der Waals surface area contributed by atoms with Crippen LogP contribution in [-0.4, -0.2) is 21.9 Å². The number of carbonyl (C=O) groups excluding carboxylic acids is 1. The number of nitrogens with zero attached hydrogens (tertiary/aromatic N) is 1. The predicted octanol–water partition coefficient (Wildman–Crippen LogP) is 4.15. The van der Waals surface area contributed by atoms with Gasteiger partial charge in [-0.05, 0) is 44.1 Å². The molecule has 2 aromatic rings.